The van der Waals surface area contributed by atoms with E-state index in [1.54, 1.807) is 23.1 Å². The normalized spacial score (nSPS) is 12.1. The minimum atomic E-state index is -3.57. The lowest BCUT2D eigenvalue weighted by atomic mass is 10.0. The van der Waals surface area contributed by atoms with Crippen LogP contribution in [0.15, 0.2) is 78.9 Å². The van der Waals surface area contributed by atoms with Crippen LogP contribution >= 0.6 is 11.6 Å². The molecule has 3 rings (SSSR count). The Bertz CT molecular complexity index is 1400. The molecule has 9 heteroatoms. The van der Waals surface area contributed by atoms with Crippen LogP contribution in [-0.2, 0) is 39.0 Å². The first-order valence-corrected chi connectivity index (χ1v) is 16.2. The minimum Gasteiger partial charge on any atom is -0.352 e. The van der Waals surface area contributed by atoms with Crippen molar-refractivity contribution in [3.63, 3.8) is 0 Å². The molecule has 0 saturated heterocycles. The predicted molar refractivity (Wildman–Crippen MR) is 166 cm³/mol. The van der Waals surface area contributed by atoms with Crippen molar-refractivity contribution in [2.75, 3.05) is 17.1 Å². The van der Waals surface area contributed by atoms with E-state index in [1.807, 2.05) is 81.4 Å². The molecule has 1 unspecified atom stereocenters. The molecule has 0 spiro atoms. The molecule has 1 N–H and O–H groups in total. The van der Waals surface area contributed by atoms with Crippen LogP contribution in [0.3, 0.4) is 0 Å². The molecule has 7 nitrogen and oxygen atoms in total. The van der Waals surface area contributed by atoms with Gasteiger partial charge >= 0.3 is 0 Å². The Labute approximate surface area is 249 Å². The van der Waals surface area contributed by atoms with Crippen molar-refractivity contribution in [3.8, 4) is 0 Å². The molecular formula is C32H40ClN3O4S. The third-order valence-corrected chi connectivity index (χ3v) is 8.35. The van der Waals surface area contributed by atoms with Crippen molar-refractivity contribution in [3.05, 3.63) is 101 Å². The zero-order valence-electron chi connectivity index (χ0n) is 24.2. The smallest absolute Gasteiger partial charge is 0.243 e. The summed E-state index contributed by atoms with van der Waals surface area (Å²) in [4.78, 5) is 28.9. The zero-order chi connectivity index (χ0) is 30.0. The van der Waals surface area contributed by atoms with Crippen molar-refractivity contribution < 1.29 is 18.0 Å². The van der Waals surface area contributed by atoms with Crippen molar-refractivity contribution in [2.24, 2.45) is 0 Å². The number of nitrogens with zero attached hydrogens (tertiary/aromatic N) is 2. The Morgan fingerprint density at radius 3 is 2.12 bits per heavy atom. The Morgan fingerprint density at radius 2 is 1.54 bits per heavy atom. The van der Waals surface area contributed by atoms with Gasteiger partial charge in [-0.05, 0) is 61.6 Å². The molecule has 2 amide bonds. The van der Waals surface area contributed by atoms with Crippen LogP contribution in [0.25, 0.3) is 0 Å². The first-order chi connectivity index (χ1) is 19.5. The van der Waals surface area contributed by atoms with Gasteiger partial charge in [-0.1, -0.05) is 79.2 Å². The molecule has 3 aromatic rings. The highest BCUT2D eigenvalue weighted by Crippen LogP contribution is 2.23. The van der Waals surface area contributed by atoms with Crippen LogP contribution in [0.1, 0.15) is 50.3 Å². The second kappa shape index (κ2) is 15.0. The summed E-state index contributed by atoms with van der Waals surface area (Å²) in [6, 6.07) is 23.3. The Balaban J connectivity index is 1.88. The van der Waals surface area contributed by atoms with Gasteiger partial charge in [0.15, 0.2) is 0 Å². The molecule has 0 saturated carbocycles. The molecule has 0 fully saturated rings. The van der Waals surface area contributed by atoms with Gasteiger partial charge in [0.1, 0.15) is 6.04 Å². The van der Waals surface area contributed by atoms with Gasteiger partial charge in [0.25, 0.3) is 0 Å². The lowest BCUT2D eigenvalue weighted by molar-refractivity contribution is -0.141. The van der Waals surface area contributed by atoms with Gasteiger partial charge in [-0.3, -0.25) is 13.9 Å². The highest BCUT2D eigenvalue weighted by molar-refractivity contribution is 7.92. The summed E-state index contributed by atoms with van der Waals surface area (Å²) >= 11 is 6.48. The molecule has 0 radical (unpaired) electrons. The van der Waals surface area contributed by atoms with Gasteiger partial charge in [-0.2, -0.15) is 0 Å². The van der Waals surface area contributed by atoms with Gasteiger partial charge in [-0.15, -0.1) is 0 Å². The summed E-state index contributed by atoms with van der Waals surface area (Å²) in [5, 5.41) is 3.48. The van der Waals surface area contributed by atoms with Gasteiger partial charge in [0, 0.05) is 37.0 Å². The lowest BCUT2D eigenvalue weighted by Gasteiger charge is -2.32. The number of hydrogen-bond donors (Lipinski definition) is 1. The highest BCUT2D eigenvalue weighted by atomic mass is 35.5. The maximum Gasteiger partial charge on any atom is 0.243 e. The van der Waals surface area contributed by atoms with E-state index in [1.165, 1.54) is 10.6 Å². The molecule has 0 aromatic heterocycles. The Hall–Kier alpha value is -3.36. The third kappa shape index (κ3) is 9.61. The number of aryl methyl sites for hydroxylation is 1. The first-order valence-electron chi connectivity index (χ1n) is 13.9. The van der Waals surface area contributed by atoms with Crippen LogP contribution in [0.4, 0.5) is 5.69 Å². The molecule has 0 bridgehead atoms. The number of benzene rings is 3. The molecule has 0 aliphatic rings. The van der Waals surface area contributed by atoms with E-state index in [2.05, 4.69) is 5.32 Å². The number of anilines is 1. The zero-order valence-corrected chi connectivity index (χ0v) is 25.8. The molecule has 220 valence electrons. The van der Waals surface area contributed by atoms with E-state index in [0.29, 0.717) is 17.1 Å². The summed E-state index contributed by atoms with van der Waals surface area (Å²) in [5.41, 5.74) is 3.32. The summed E-state index contributed by atoms with van der Waals surface area (Å²) < 4.78 is 26.6. The van der Waals surface area contributed by atoms with E-state index in [0.717, 1.165) is 23.1 Å². The average Bonchev–Trinajstić information content (AvgIpc) is 2.93. The van der Waals surface area contributed by atoms with Crippen LogP contribution in [-0.4, -0.2) is 50.0 Å². The fourth-order valence-corrected chi connectivity index (χ4v) is 5.81. The largest absolute Gasteiger partial charge is 0.352 e. The number of carbonyl (C=O) groups is 2. The monoisotopic (exact) mass is 597 g/mol. The molecule has 0 heterocycles. The second-order valence-electron chi connectivity index (χ2n) is 10.4. The minimum absolute atomic E-state index is 0.0593. The predicted octanol–water partition coefficient (Wildman–Crippen LogP) is 5.61. The number of hydrogen-bond acceptors (Lipinski definition) is 4. The van der Waals surface area contributed by atoms with Crippen LogP contribution < -0.4 is 9.62 Å². The number of amides is 2. The quantitative estimate of drug-likeness (QED) is 0.262. The van der Waals surface area contributed by atoms with Gasteiger partial charge < -0.3 is 10.2 Å². The van der Waals surface area contributed by atoms with Crippen molar-refractivity contribution in [2.45, 2.75) is 65.1 Å². The van der Waals surface area contributed by atoms with Crippen molar-refractivity contribution in [1.82, 2.24) is 10.2 Å². The molecule has 41 heavy (non-hydrogen) atoms. The topological polar surface area (TPSA) is 86.8 Å². The van der Waals surface area contributed by atoms with Gasteiger partial charge in [-0.25, -0.2) is 8.42 Å². The average molecular weight is 598 g/mol. The standard InChI is InChI=1S/C32H40ClN3O4S/c1-5-25-17-19-28(20-18-25)36(41(4,39)40)21-11-16-31(37)35(23-27-14-9-10-15-29(27)33)30(32(38)34-24(2)3)22-26-12-7-6-8-13-26/h6-10,12-15,17-20,24,30H,5,11,16,21-23H2,1-4H3,(H,34,38). The fraction of sp³-hybridized carbons (Fsp3) is 0.375. The van der Waals surface area contributed by atoms with Crippen molar-refractivity contribution >= 4 is 39.1 Å². The van der Waals surface area contributed by atoms with E-state index in [-0.39, 0.29) is 43.8 Å². The first kappa shape index (κ1) is 32.2. The number of sulfonamides is 1. The van der Waals surface area contributed by atoms with E-state index >= 15 is 0 Å². The Morgan fingerprint density at radius 1 is 0.902 bits per heavy atom. The van der Waals surface area contributed by atoms with E-state index in [4.69, 9.17) is 11.6 Å². The molecule has 0 aliphatic heterocycles. The third-order valence-electron chi connectivity index (χ3n) is 6.79. The molecule has 0 aliphatic carbocycles. The maximum absolute atomic E-state index is 13.9. The van der Waals surface area contributed by atoms with Gasteiger partial charge in [0.05, 0.1) is 11.9 Å². The number of rotatable bonds is 14. The molecule has 1 atom stereocenters. The number of halogens is 1. The Kier molecular flexibility index (Phi) is 11.8. The summed E-state index contributed by atoms with van der Waals surface area (Å²) in [6.45, 7) is 6.08. The maximum atomic E-state index is 13.9. The van der Waals surface area contributed by atoms with Gasteiger partial charge in [0.2, 0.25) is 21.8 Å². The summed E-state index contributed by atoms with van der Waals surface area (Å²) in [7, 11) is -3.57. The van der Waals surface area contributed by atoms with Crippen LogP contribution in [0.2, 0.25) is 5.02 Å². The lowest BCUT2D eigenvalue weighted by Crippen LogP contribution is -2.51. The van der Waals surface area contributed by atoms with Crippen LogP contribution in [0, 0.1) is 0 Å². The highest BCUT2D eigenvalue weighted by Gasteiger charge is 2.31. The number of nitrogens with one attached hydrogen (secondary N) is 1. The van der Waals surface area contributed by atoms with Crippen molar-refractivity contribution in [1.29, 1.82) is 0 Å². The molecular weight excluding hydrogens is 558 g/mol. The SMILES string of the molecule is CCc1ccc(N(CCCC(=O)N(Cc2ccccc2Cl)C(Cc2ccccc2)C(=O)NC(C)C)S(C)(=O)=O)cc1. The second-order valence-corrected chi connectivity index (χ2v) is 12.8. The summed E-state index contributed by atoms with van der Waals surface area (Å²) in [6.07, 6.45) is 2.69. The van der Waals surface area contributed by atoms with E-state index in [9.17, 15) is 18.0 Å². The molecule has 3 aromatic carbocycles. The van der Waals surface area contributed by atoms with Crippen LogP contribution in [0.5, 0.6) is 0 Å². The number of carbonyl (C=O) groups excluding carboxylic acids is 2. The summed E-state index contributed by atoms with van der Waals surface area (Å²) in [5.74, 6) is -0.502. The fourth-order valence-electron chi connectivity index (χ4n) is 4.65. The van der Waals surface area contributed by atoms with E-state index < -0.39 is 16.1 Å².